The molecule has 0 atom stereocenters. The highest BCUT2D eigenvalue weighted by molar-refractivity contribution is 14.1. The van der Waals surface area contributed by atoms with Crippen LogP contribution in [-0.2, 0) is 0 Å². The quantitative estimate of drug-likeness (QED) is 0.451. The zero-order chi connectivity index (χ0) is 10.4. The standard InChI is InChI=1S/C12H6BrIS/c13-9-2-1-3-10-12(9)8-5-4-7(14)6-11(8)15-10/h1-6H. The molecule has 0 unspecified atom stereocenters. The first-order valence-corrected chi connectivity index (χ1v) is 7.21. The van der Waals surface area contributed by atoms with Crippen molar-refractivity contribution in [1.29, 1.82) is 0 Å². The lowest BCUT2D eigenvalue weighted by atomic mass is 10.2. The van der Waals surface area contributed by atoms with Gasteiger partial charge in [0, 0.05) is 28.2 Å². The zero-order valence-electron chi connectivity index (χ0n) is 7.63. The van der Waals surface area contributed by atoms with Gasteiger partial charge < -0.3 is 0 Å². The van der Waals surface area contributed by atoms with Crippen molar-refractivity contribution in [3.63, 3.8) is 0 Å². The highest BCUT2D eigenvalue weighted by Gasteiger charge is 2.07. The van der Waals surface area contributed by atoms with Crippen LogP contribution in [0, 0.1) is 3.57 Å². The maximum absolute atomic E-state index is 3.62. The number of benzene rings is 2. The van der Waals surface area contributed by atoms with Crippen LogP contribution in [0.2, 0.25) is 0 Å². The van der Waals surface area contributed by atoms with Crippen LogP contribution in [0.4, 0.5) is 0 Å². The summed E-state index contributed by atoms with van der Waals surface area (Å²) in [5, 5.41) is 2.69. The van der Waals surface area contributed by atoms with Gasteiger partial charge in [0.1, 0.15) is 0 Å². The molecular formula is C12H6BrIS. The lowest BCUT2D eigenvalue weighted by molar-refractivity contribution is 1.75. The van der Waals surface area contributed by atoms with Gasteiger partial charge in [-0.3, -0.25) is 0 Å². The fraction of sp³-hybridized carbons (Fsp3) is 0. The number of rotatable bonds is 0. The Morgan fingerprint density at radius 2 is 1.93 bits per heavy atom. The van der Waals surface area contributed by atoms with Gasteiger partial charge in [-0.1, -0.05) is 28.1 Å². The molecule has 0 nitrogen and oxygen atoms in total. The number of hydrogen-bond donors (Lipinski definition) is 0. The van der Waals surface area contributed by atoms with Crippen molar-refractivity contribution < 1.29 is 0 Å². The monoisotopic (exact) mass is 388 g/mol. The first-order valence-electron chi connectivity index (χ1n) is 4.52. The Bertz CT molecular complexity index is 657. The van der Waals surface area contributed by atoms with E-state index >= 15 is 0 Å². The molecule has 0 aliphatic carbocycles. The van der Waals surface area contributed by atoms with E-state index in [-0.39, 0.29) is 0 Å². The van der Waals surface area contributed by atoms with Gasteiger partial charge in [0.15, 0.2) is 0 Å². The Kier molecular flexibility index (Phi) is 2.49. The zero-order valence-corrected chi connectivity index (χ0v) is 12.2. The molecule has 2 aromatic carbocycles. The van der Waals surface area contributed by atoms with E-state index in [0.717, 1.165) is 0 Å². The predicted octanol–water partition coefficient (Wildman–Crippen LogP) is 5.42. The summed E-state index contributed by atoms with van der Waals surface area (Å²) in [6.45, 7) is 0. The number of fused-ring (bicyclic) bond motifs is 3. The molecule has 0 bridgehead atoms. The van der Waals surface area contributed by atoms with E-state index < -0.39 is 0 Å². The SMILES string of the molecule is Brc1cccc2sc3cc(I)ccc3c12. The van der Waals surface area contributed by atoms with Gasteiger partial charge >= 0.3 is 0 Å². The molecule has 0 spiro atoms. The second kappa shape index (κ2) is 3.71. The van der Waals surface area contributed by atoms with Crippen molar-refractivity contribution in [1.82, 2.24) is 0 Å². The van der Waals surface area contributed by atoms with Crippen LogP contribution in [0.1, 0.15) is 0 Å². The van der Waals surface area contributed by atoms with Crippen molar-refractivity contribution in [3.05, 3.63) is 44.4 Å². The molecule has 1 heterocycles. The normalized spacial score (nSPS) is 11.3. The van der Waals surface area contributed by atoms with E-state index in [1.54, 1.807) is 0 Å². The average molecular weight is 389 g/mol. The molecule has 0 aliphatic heterocycles. The summed E-state index contributed by atoms with van der Waals surface area (Å²) in [4.78, 5) is 0. The minimum Gasteiger partial charge on any atom is -0.135 e. The van der Waals surface area contributed by atoms with Crippen molar-refractivity contribution in [2.24, 2.45) is 0 Å². The molecule has 3 rings (SSSR count). The average Bonchev–Trinajstić information content (AvgIpc) is 2.56. The van der Waals surface area contributed by atoms with Gasteiger partial charge in [-0.2, -0.15) is 0 Å². The predicted molar refractivity (Wildman–Crippen MR) is 79.7 cm³/mol. The van der Waals surface area contributed by atoms with Crippen molar-refractivity contribution >= 4 is 70.0 Å². The third-order valence-corrected chi connectivity index (χ3v) is 4.86. The third-order valence-electron chi connectivity index (χ3n) is 2.41. The fourth-order valence-electron chi connectivity index (χ4n) is 1.76. The minimum atomic E-state index is 1.19. The molecule has 0 saturated carbocycles. The topological polar surface area (TPSA) is 0 Å². The first-order chi connectivity index (χ1) is 7.25. The molecule has 15 heavy (non-hydrogen) atoms. The van der Waals surface area contributed by atoms with Gasteiger partial charge in [0.2, 0.25) is 0 Å². The van der Waals surface area contributed by atoms with Crippen LogP contribution >= 0.6 is 49.9 Å². The second-order valence-electron chi connectivity index (χ2n) is 3.36. The summed E-state index contributed by atoms with van der Waals surface area (Å²) in [6.07, 6.45) is 0. The van der Waals surface area contributed by atoms with Crippen LogP contribution < -0.4 is 0 Å². The van der Waals surface area contributed by atoms with E-state index in [9.17, 15) is 0 Å². The van der Waals surface area contributed by atoms with Crippen LogP contribution in [0.3, 0.4) is 0 Å². The Morgan fingerprint density at radius 1 is 1.07 bits per heavy atom. The number of halogens is 2. The van der Waals surface area contributed by atoms with Crippen molar-refractivity contribution in [3.8, 4) is 0 Å². The van der Waals surface area contributed by atoms with Gasteiger partial charge in [0.25, 0.3) is 0 Å². The molecule has 0 aliphatic rings. The summed E-state index contributed by atoms with van der Waals surface area (Å²) in [5.74, 6) is 0. The summed E-state index contributed by atoms with van der Waals surface area (Å²) < 4.78 is 5.19. The van der Waals surface area contributed by atoms with E-state index in [0.29, 0.717) is 0 Å². The van der Waals surface area contributed by atoms with Crippen molar-refractivity contribution in [2.75, 3.05) is 0 Å². The van der Waals surface area contributed by atoms with E-state index in [1.165, 1.54) is 28.2 Å². The lowest BCUT2D eigenvalue weighted by Gasteiger charge is -1.95. The summed E-state index contributed by atoms with van der Waals surface area (Å²) in [5.41, 5.74) is 0. The molecule has 74 valence electrons. The highest BCUT2D eigenvalue weighted by Crippen LogP contribution is 2.38. The molecule has 1 aromatic heterocycles. The maximum atomic E-state index is 3.62. The second-order valence-corrected chi connectivity index (χ2v) is 6.54. The molecule has 3 heteroatoms. The van der Waals surface area contributed by atoms with Crippen LogP contribution in [-0.4, -0.2) is 0 Å². The summed E-state index contributed by atoms with van der Waals surface area (Å²) in [7, 11) is 0. The Morgan fingerprint density at radius 3 is 2.80 bits per heavy atom. The lowest BCUT2D eigenvalue weighted by Crippen LogP contribution is -1.70. The van der Waals surface area contributed by atoms with Crippen LogP contribution in [0.25, 0.3) is 20.2 Å². The Labute approximate surface area is 114 Å². The van der Waals surface area contributed by atoms with Gasteiger partial charge in [-0.15, -0.1) is 11.3 Å². The molecule has 0 radical (unpaired) electrons. The molecule has 3 aromatic rings. The van der Waals surface area contributed by atoms with Crippen LogP contribution in [0.5, 0.6) is 0 Å². The molecular weight excluding hydrogens is 383 g/mol. The number of thiophene rings is 1. The summed E-state index contributed by atoms with van der Waals surface area (Å²) >= 11 is 7.83. The molecule has 0 saturated heterocycles. The highest BCUT2D eigenvalue weighted by atomic mass is 127. The van der Waals surface area contributed by atoms with Crippen molar-refractivity contribution in [2.45, 2.75) is 0 Å². The van der Waals surface area contributed by atoms with Gasteiger partial charge in [-0.25, -0.2) is 0 Å². The number of hydrogen-bond acceptors (Lipinski definition) is 1. The van der Waals surface area contributed by atoms with Gasteiger partial charge in [0.05, 0.1) is 0 Å². The van der Waals surface area contributed by atoms with E-state index in [2.05, 4.69) is 74.9 Å². The molecule has 0 fully saturated rings. The first kappa shape index (κ1) is 10.1. The smallest absolute Gasteiger partial charge is 0.0366 e. The van der Waals surface area contributed by atoms with Crippen LogP contribution in [0.15, 0.2) is 40.9 Å². The Hall–Kier alpha value is -0.130. The molecule has 0 N–H and O–H groups in total. The summed E-state index contributed by atoms with van der Waals surface area (Å²) in [6, 6.07) is 13.0. The van der Waals surface area contributed by atoms with Gasteiger partial charge in [-0.05, 0) is 46.9 Å². The van der Waals surface area contributed by atoms with E-state index in [1.807, 2.05) is 11.3 Å². The fourth-order valence-corrected chi connectivity index (χ4v) is 4.34. The Balaban J connectivity index is 2.59. The largest absolute Gasteiger partial charge is 0.135 e. The third kappa shape index (κ3) is 1.61. The van der Waals surface area contributed by atoms with E-state index in [4.69, 9.17) is 0 Å². The maximum Gasteiger partial charge on any atom is 0.0366 e. The molecule has 0 amide bonds. The minimum absolute atomic E-state index is 1.19.